The number of hydrogen-bond donors (Lipinski definition) is 0. The van der Waals surface area contributed by atoms with Gasteiger partial charge in [-0.05, 0) is 38.0 Å². The minimum absolute atomic E-state index is 0.0874. The van der Waals surface area contributed by atoms with Crippen molar-refractivity contribution in [3.8, 4) is 0 Å². The number of hydrogen-bond acceptors (Lipinski definition) is 1. The first-order chi connectivity index (χ1) is 11.1. The molecule has 0 saturated heterocycles. The van der Waals surface area contributed by atoms with E-state index in [4.69, 9.17) is 0 Å². The molecule has 0 amide bonds. The molecular formula is C22H30O. The maximum absolute atomic E-state index is 11.8. The average Bonchev–Trinajstić information content (AvgIpc) is 2.59. The van der Waals surface area contributed by atoms with E-state index >= 15 is 0 Å². The van der Waals surface area contributed by atoms with Gasteiger partial charge in [0.2, 0.25) is 0 Å². The van der Waals surface area contributed by atoms with Crippen LogP contribution in [0.15, 0.2) is 48.5 Å². The fourth-order valence-electron chi connectivity index (χ4n) is 1.95. The minimum atomic E-state index is 0.0874. The van der Waals surface area contributed by atoms with Crippen molar-refractivity contribution in [3.63, 3.8) is 0 Å². The van der Waals surface area contributed by atoms with Crippen LogP contribution in [0.2, 0.25) is 0 Å². The molecule has 0 aliphatic carbocycles. The number of aryl methyl sites for hydroxylation is 2. The summed E-state index contributed by atoms with van der Waals surface area (Å²) < 4.78 is 0. The number of Topliss-reactive ketones (excluding diaryl/α,β-unsaturated/α-hetero) is 1. The van der Waals surface area contributed by atoms with Gasteiger partial charge in [0.1, 0.15) is 0 Å². The van der Waals surface area contributed by atoms with Gasteiger partial charge in [0, 0.05) is 5.57 Å². The summed E-state index contributed by atoms with van der Waals surface area (Å²) in [6.45, 7) is 13.7. The van der Waals surface area contributed by atoms with Crippen LogP contribution in [0, 0.1) is 13.8 Å². The second-order valence-corrected chi connectivity index (χ2v) is 4.89. The third-order valence-electron chi connectivity index (χ3n) is 3.13. The maximum Gasteiger partial charge on any atom is 0.160 e. The van der Waals surface area contributed by atoms with Gasteiger partial charge in [-0.2, -0.15) is 0 Å². The van der Waals surface area contributed by atoms with E-state index in [9.17, 15) is 4.79 Å². The van der Waals surface area contributed by atoms with E-state index < -0.39 is 0 Å². The van der Waals surface area contributed by atoms with Crippen LogP contribution in [-0.4, -0.2) is 5.78 Å². The average molecular weight is 310 g/mol. The molecule has 0 heterocycles. The number of carbonyl (C=O) groups excluding carboxylic acids is 1. The molecule has 0 N–H and O–H groups in total. The number of ketones is 1. The molecule has 2 rings (SSSR count). The molecule has 1 nitrogen and oxygen atoms in total. The summed E-state index contributed by atoms with van der Waals surface area (Å²) in [5.41, 5.74) is 5.19. The van der Waals surface area contributed by atoms with Crippen LogP contribution in [0.4, 0.5) is 0 Å². The number of rotatable bonds is 3. The fraction of sp³-hybridized carbons (Fsp3) is 0.318. The van der Waals surface area contributed by atoms with Gasteiger partial charge < -0.3 is 0 Å². The maximum atomic E-state index is 11.8. The van der Waals surface area contributed by atoms with Gasteiger partial charge in [-0.15, -0.1) is 0 Å². The number of benzene rings is 2. The van der Waals surface area contributed by atoms with Gasteiger partial charge in [-0.1, -0.05) is 87.4 Å². The summed E-state index contributed by atoms with van der Waals surface area (Å²) in [7, 11) is 0. The SMILES string of the molecule is CC.CC.CC(=O)/C(=C/c1ccc(C)cc1)c1ccc(C)cc1. The molecule has 0 atom stereocenters. The molecule has 0 spiro atoms. The van der Waals surface area contributed by atoms with Gasteiger partial charge >= 0.3 is 0 Å². The quantitative estimate of drug-likeness (QED) is 0.468. The third kappa shape index (κ3) is 7.10. The lowest BCUT2D eigenvalue weighted by atomic mass is 9.98. The van der Waals surface area contributed by atoms with E-state index in [1.54, 1.807) is 6.92 Å². The molecule has 124 valence electrons. The van der Waals surface area contributed by atoms with E-state index in [1.165, 1.54) is 11.1 Å². The summed E-state index contributed by atoms with van der Waals surface area (Å²) in [6, 6.07) is 16.2. The van der Waals surface area contributed by atoms with Gasteiger partial charge in [0.25, 0.3) is 0 Å². The highest BCUT2D eigenvalue weighted by Crippen LogP contribution is 2.20. The van der Waals surface area contributed by atoms with Crippen molar-refractivity contribution >= 4 is 17.4 Å². The monoisotopic (exact) mass is 310 g/mol. The highest BCUT2D eigenvalue weighted by atomic mass is 16.1. The Morgan fingerprint density at radius 3 is 1.52 bits per heavy atom. The molecule has 0 fully saturated rings. The second kappa shape index (κ2) is 11.4. The third-order valence-corrected chi connectivity index (χ3v) is 3.13. The molecule has 0 bridgehead atoms. The predicted octanol–water partition coefficient (Wildman–Crippen LogP) is 6.49. The van der Waals surface area contributed by atoms with E-state index in [2.05, 4.69) is 19.1 Å². The first-order valence-electron chi connectivity index (χ1n) is 8.42. The van der Waals surface area contributed by atoms with Crippen LogP contribution >= 0.6 is 0 Å². The van der Waals surface area contributed by atoms with Crippen LogP contribution in [0.3, 0.4) is 0 Å². The fourth-order valence-corrected chi connectivity index (χ4v) is 1.95. The normalized spacial score (nSPS) is 9.96. The molecule has 0 aromatic heterocycles. The molecule has 1 heteroatoms. The zero-order chi connectivity index (χ0) is 17.8. The number of carbonyl (C=O) groups is 1. The molecule has 0 radical (unpaired) electrons. The van der Waals surface area contributed by atoms with Crippen LogP contribution in [0.5, 0.6) is 0 Å². The molecular weight excluding hydrogens is 280 g/mol. The first kappa shape index (κ1) is 20.9. The van der Waals surface area contributed by atoms with Crippen LogP contribution in [0.25, 0.3) is 11.6 Å². The predicted molar refractivity (Wildman–Crippen MR) is 104 cm³/mol. The van der Waals surface area contributed by atoms with Crippen LogP contribution in [0.1, 0.15) is 56.9 Å². The van der Waals surface area contributed by atoms with Crippen molar-refractivity contribution in [1.29, 1.82) is 0 Å². The summed E-state index contributed by atoms with van der Waals surface area (Å²) in [5.74, 6) is 0.0874. The molecule has 0 saturated carbocycles. The summed E-state index contributed by atoms with van der Waals surface area (Å²) >= 11 is 0. The highest BCUT2D eigenvalue weighted by Gasteiger charge is 2.07. The van der Waals surface area contributed by atoms with Crippen LogP contribution < -0.4 is 0 Å². The van der Waals surface area contributed by atoms with Crippen molar-refractivity contribution in [2.75, 3.05) is 0 Å². The van der Waals surface area contributed by atoms with Crippen LogP contribution in [-0.2, 0) is 4.79 Å². The van der Waals surface area contributed by atoms with Crippen molar-refractivity contribution < 1.29 is 4.79 Å². The van der Waals surface area contributed by atoms with Crippen molar-refractivity contribution in [3.05, 3.63) is 70.8 Å². The molecule has 0 aliphatic heterocycles. The number of allylic oxidation sites excluding steroid dienone is 1. The Hall–Kier alpha value is -2.15. The summed E-state index contributed by atoms with van der Waals surface area (Å²) in [6.07, 6.45) is 1.95. The van der Waals surface area contributed by atoms with E-state index in [0.717, 1.165) is 16.7 Å². The Morgan fingerprint density at radius 1 is 0.739 bits per heavy atom. The molecule has 0 aliphatic rings. The van der Waals surface area contributed by atoms with Gasteiger partial charge in [0.15, 0.2) is 5.78 Å². The Morgan fingerprint density at radius 2 is 1.13 bits per heavy atom. The largest absolute Gasteiger partial charge is 0.294 e. The van der Waals surface area contributed by atoms with Crippen molar-refractivity contribution in [2.24, 2.45) is 0 Å². The zero-order valence-corrected chi connectivity index (χ0v) is 15.6. The van der Waals surface area contributed by atoms with Gasteiger partial charge in [-0.3, -0.25) is 4.79 Å². The smallest absolute Gasteiger partial charge is 0.160 e. The second-order valence-electron chi connectivity index (χ2n) is 4.89. The summed E-state index contributed by atoms with van der Waals surface area (Å²) in [5, 5.41) is 0. The molecule has 2 aromatic carbocycles. The minimum Gasteiger partial charge on any atom is -0.294 e. The van der Waals surface area contributed by atoms with Crippen molar-refractivity contribution in [2.45, 2.75) is 48.5 Å². The lowest BCUT2D eigenvalue weighted by molar-refractivity contribution is -0.111. The lowest BCUT2D eigenvalue weighted by Crippen LogP contribution is -1.96. The summed E-state index contributed by atoms with van der Waals surface area (Å²) in [4.78, 5) is 11.8. The topological polar surface area (TPSA) is 17.1 Å². The Labute approximate surface area is 142 Å². The van der Waals surface area contributed by atoms with E-state index in [0.29, 0.717) is 0 Å². The van der Waals surface area contributed by atoms with E-state index in [-0.39, 0.29) is 5.78 Å². The molecule has 2 aromatic rings. The Kier molecular flexibility index (Phi) is 10.4. The highest BCUT2D eigenvalue weighted by molar-refractivity contribution is 6.24. The van der Waals surface area contributed by atoms with Crippen molar-refractivity contribution in [1.82, 2.24) is 0 Å². The van der Waals surface area contributed by atoms with Gasteiger partial charge in [-0.25, -0.2) is 0 Å². The molecule has 23 heavy (non-hydrogen) atoms. The zero-order valence-electron chi connectivity index (χ0n) is 15.6. The first-order valence-corrected chi connectivity index (χ1v) is 8.42. The van der Waals surface area contributed by atoms with E-state index in [1.807, 2.05) is 77.1 Å². The standard InChI is InChI=1S/C18H18O.2C2H6/c1-13-4-8-16(9-5-13)12-18(15(3)19)17-10-6-14(2)7-11-17;2*1-2/h4-12H,1-3H3;2*1-2H3/b18-12-;;. The molecule has 0 unspecified atom stereocenters. The Balaban J connectivity index is 0.00000112. The Bertz CT molecular complexity index is 601. The lowest BCUT2D eigenvalue weighted by Gasteiger charge is -2.05. The van der Waals surface area contributed by atoms with Gasteiger partial charge in [0.05, 0.1) is 0 Å².